The van der Waals surface area contributed by atoms with Crippen LogP contribution in [0.5, 0.6) is 0 Å². The van der Waals surface area contributed by atoms with E-state index < -0.39 is 9.84 Å². The molecule has 8 heteroatoms. The van der Waals surface area contributed by atoms with Crippen LogP contribution in [0.3, 0.4) is 0 Å². The molecule has 0 saturated carbocycles. The molecule has 0 unspecified atom stereocenters. The Bertz CT molecular complexity index is 836. The van der Waals surface area contributed by atoms with Gasteiger partial charge < -0.3 is 10.6 Å². The summed E-state index contributed by atoms with van der Waals surface area (Å²) in [5, 5.41) is 10.1. The van der Waals surface area contributed by atoms with E-state index in [1.807, 2.05) is 5.38 Å². The van der Waals surface area contributed by atoms with Crippen LogP contribution in [-0.4, -0.2) is 25.7 Å². The minimum absolute atomic E-state index is 0.249. The normalized spacial score (nSPS) is 11.5. The van der Waals surface area contributed by atoms with E-state index >= 15 is 0 Å². The average Bonchev–Trinajstić information content (AvgIpc) is 3.13. The summed E-state index contributed by atoms with van der Waals surface area (Å²) in [6.45, 7) is 2.30. The minimum Gasteiger partial charge on any atom is -0.370 e. The predicted octanol–water partition coefficient (Wildman–Crippen LogP) is 2.81. The molecule has 132 valence electrons. The topological polar surface area (TPSA) is 71.1 Å². The molecule has 1 aromatic carbocycles. The fraction of sp³-hybridized carbons (Fsp3) is 0.235. The molecular formula is C17H19N3O2S3. The van der Waals surface area contributed by atoms with Gasteiger partial charge in [0, 0.05) is 35.7 Å². The molecule has 0 radical (unpaired) electrons. The van der Waals surface area contributed by atoms with Crippen LogP contribution in [0.1, 0.15) is 11.9 Å². The zero-order valence-electron chi connectivity index (χ0n) is 13.7. The predicted molar refractivity (Wildman–Crippen MR) is 105 cm³/mol. The highest BCUT2D eigenvalue weighted by Gasteiger charge is 2.12. The van der Waals surface area contributed by atoms with Gasteiger partial charge in [0.25, 0.3) is 0 Å². The van der Waals surface area contributed by atoms with E-state index in [1.54, 1.807) is 66.6 Å². The Morgan fingerprint density at radius 2 is 2.16 bits per heavy atom. The zero-order valence-corrected chi connectivity index (χ0v) is 16.2. The van der Waals surface area contributed by atoms with Gasteiger partial charge in [0.1, 0.15) is 10.8 Å². The second-order valence-electron chi connectivity index (χ2n) is 4.79. The van der Waals surface area contributed by atoms with Crippen molar-refractivity contribution in [2.75, 3.05) is 12.3 Å². The van der Waals surface area contributed by atoms with Gasteiger partial charge in [-0.1, -0.05) is 24.1 Å². The van der Waals surface area contributed by atoms with Crippen molar-refractivity contribution >= 4 is 32.9 Å². The molecule has 0 aliphatic heterocycles. The SMILES string of the molecule is CC#CNC(=CS(=O)(=O)c1ccccc1)NCCSCc1nccs1. The van der Waals surface area contributed by atoms with Crippen LogP contribution in [0.25, 0.3) is 0 Å². The third-order valence-electron chi connectivity index (χ3n) is 2.94. The van der Waals surface area contributed by atoms with E-state index in [9.17, 15) is 8.42 Å². The Kier molecular flexibility index (Phi) is 7.85. The molecule has 1 heterocycles. The van der Waals surface area contributed by atoms with Crippen LogP contribution in [0.2, 0.25) is 0 Å². The largest absolute Gasteiger partial charge is 0.370 e. The van der Waals surface area contributed by atoms with Crippen LogP contribution in [0.15, 0.2) is 58.0 Å². The number of thioether (sulfide) groups is 1. The maximum atomic E-state index is 12.4. The maximum Gasteiger partial charge on any atom is 0.203 e. The van der Waals surface area contributed by atoms with Crippen molar-refractivity contribution in [1.82, 2.24) is 15.6 Å². The van der Waals surface area contributed by atoms with Crippen LogP contribution in [0, 0.1) is 12.0 Å². The molecule has 0 bridgehead atoms. The Hall–Kier alpha value is -1.95. The third kappa shape index (κ3) is 6.82. The number of hydrogen-bond donors (Lipinski definition) is 2. The summed E-state index contributed by atoms with van der Waals surface area (Å²) in [5.74, 6) is 4.74. The molecule has 0 amide bonds. The van der Waals surface area contributed by atoms with Crippen molar-refractivity contribution in [3.8, 4) is 12.0 Å². The molecular weight excluding hydrogens is 374 g/mol. The van der Waals surface area contributed by atoms with Crippen molar-refractivity contribution in [2.24, 2.45) is 0 Å². The van der Waals surface area contributed by atoms with Gasteiger partial charge in [-0.25, -0.2) is 13.4 Å². The first-order chi connectivity index (χ1) is 12.1. The number of aromatic nitrogens is 1. The van der Waals surface area contributed by atoms with Crippen LogP contribution < -0.4 is 10.6 Å². The fourth-order valence-electron chi connectivity index (χ4n) is 1.82. The first-order valence-electron chi connectivity index (χ1n) is 7.51. The summed E-state index contributed by atoms with van der Waals surface area (Å²) in [6, 6.07) is 11.0. The summed E-state index contributed by atoms with van der Waals surface area (Å²) in [4.78, 5) is 4.48. The molecule has 0 fully saturated rings. The number of hydrogen-bond acceptors (Lipinski definition) is 7. The summed E-state index contributed by atoms with van der Waals surface area (Å²) in [5.41, 5.74) is 0. The van der Waals surface area contributed by atoms with E-state index in [0.717, 1.165) is 16.5 Å². The first kappa shape index (κ1) is 19.4. The molecule has 2 N–H and O–H groups in total. The second-order valence-corrected chi connectivity index (χ2v) is 8.68. The average molecular weight is 394 g/mol. The van der Waals surface area contributed by atoms with Crippen LogP contribution in [-0.2, 0) is 15.6 Å². The smallest absolute Gasteiger partial charge is 0.203 e. The van der Waals surface area contributed by atoms with Gasteiger partial charge in [-0.2, -0.15) is 11.8 Å². The van der Waals surface area contributed by atoms with Crippen molar-refractivity contribution in [1.29, 1.82) is 0 Å². The molecule has 1 aromatic heterocycles. The van der Waals surface area contributed by atoms with Crippen molar-refractivity contribution in [2.45, 2.75) is 17.6 Å². The monoisotopic (exact) mass is 393 g/mol. The molecule has 0 aliphatic rings. The Balaban J connectivity index is 1.94. The van der Waals surface area contributed by atoms with Gasteiger partial charge in [0.15, 0.2) is 0 Å². The highest BCUT2D eigenvalue weighted by molar-refractivity contribution is 7.98. The van der Waals surface area contributed by atoms with Gasteiger partial charge in [-0.15, -0.1) is 11.3 Å². The zero-order chi connectivity index (χ0) is 18.0. The van der Waals surface area contributed by atoms with Crippen LogP contribution >= 0.6 is 23.1 Å². The van der Waals surface area contributed by atoms with Crippen molar-refractivity contribution < 1.29 is 8.42 Å². The highest BCUT2D eigenvalue weighted by atomic mass is 32.2. The van der Waals surface area contributed by atoms with Gasteiger partial charge in [-0.3, -0.25) is 0 Å². The van der Waals surface area contributed by atoms with Crippen molar-refractivity contribution in [3.63, 3.8) is 0 Å². The Morgan fingerprint density at radius 1 is 1.36 bits per heavy atom. The molecule has 25 heavy (non-hydrogen) atoms. The van der Waals surface area contributed by atoms with Gasteiger partial charge >= 0.3 is 0 Å². The number of nitrogens with one attached hydrogen (secondary N) is 2. The van der Waals surface area contributed by atoms with Gasteiger partial charge in [0.2, 0.25) is 9.84 Å². The summed E-state index contributed by atoms with van der Waals surface area (Å²) in [6.07, 6.45) is 1.79. The molecule has 0 spiro atoms. The lowest BCUT2D eigenvalue weighted by molar-refractivity contribution is 0.603. The molecule has 5 nitrogen and oxygen atoms in total. The highest BCUT2D eigenvalue weighted by Crippen LogP contribution is 2.14. The minimum atomic E-state index is -3.54. The number of thiazole rings is 1. The van der Waals surface area contributed by atoms with Crippen LogP contribution in [0.4, 0.5) is 0 Å². The summed E-state index contributed by atoms with van der Waals surface area (Å²) in [7, 11) is -3.54. The van der Waals surface area contributed by atoms with E-state index in [1.165, 1.54) is 5.41 Å². The molecule has 0 aliphatic carbocycles. The lowest BCUT2D eigenvalue weighted by Crippen LogP contribution is -2.26. The summed E-state index contributed by atoms with van der Waals surface area (Å²) < 4.78 is 24.9. The van der Waals surface area contributed by atoms with E-state index in [0.29, 0.717) is 12.4 Å². The first-order valence-corrected chi connectivity index (χ1v) is 11.1. The van der Waals surface area contributed by atoms with Crippen molar-refractivity contribution in [3.05, 3.63) is 58.1 Å². The molecule has 2 aromatic rings. The maximum absolute atomic E-state index is 12.4. The Labute approximate surface area is 156 Å². The molecule has 2 rings (SSSR count). The summed E-state index contributed by atoms with van der Waals surface area (Å²) >= 11 is 3.37. The lowest BCUT2D eigenvalue weighted by atomic mass is 10.4. The van der Waals surface area contributed by atoms with Gasteiger partial charge in [0.05, 0.1) is 10.3 Å². The Morgan fingerprint density at radius 3 is 2.84 bits per heavy atom. The fourth-order valence-corrected chi connectivity index (χ4v) is 4.51. The lowest BCUT2D eigenvalue weighted by Gasteiger charge is -2.10. The van der Waals surface area contributed by atoms with Gasteiger partial charge in [-0.05, 0) is 19.1 Å². The number of benzene rings is 1. The van der Waals surface area contributed by atoms with E-state index in [-0.39, 0.29) is 4.90 Å². The third-order valence-corrected chi connectivity index (χ3v) is 6.35. The van der Waals surface area contributed by atoms with E-state index in [2.05, 4.69) is 27.6 Å². The molecule has 0 saturated heterocycles. The van der Waals surface area contributed by atoms with E-state index in [4.69, 9.17) is 0 Å². The number of rotatable bonds is 9. The second kappa shape index (κ2) is 10.1. The quantitative estimate of drug-likeness (QED) is 0.388. The standard InChI is InChI=1S/C17H19N3O2S3/c1-2-8-18-16(14-25(21,22)15-6-4-3-5-7-15)19-9-11-23-13-17-20-10-12-24-17/h3-7,10,12,14,18-19H,9,11,13H2,1H3. The molecule has 0 atom stereocenters. The number of sulfone groups is 1. The number of nitrogens with zero attached hydrogens (tertiary/aromatic N) is 1.